The van der Waals surface area contributed by atoms with Crippen molar-refractivity contribution < 1.29 is 13.2 Å². The van der Waals surface area contributed by atoms with Crippen LogP contribution in [0.2, 0.25) is 0 Å². The van der Waals surface area contributed by atoms with Gasteiger partial charge in [0, 0.05) is 25.8 Å². The van der Waals surface area contributed by atoms with Gasteiger partial charge in [0.25, 0.3) is 5.91 Å². The van der Waals surface area contributed by atoms with Crippen LogP contribution in [0.3, 0.4) is 0 Å². The number of carbonyl (C=O) groups excluding carboxylic acids is 1. The van der Waals surface area contributed by atoms with Gasteiger partial charge in [-0.1, -0.05) is 13.3 Å². The Labute approximate surface area is 126 Å². The molecule has 1 aliphatic carbocycles. The molecule has 1 aromatic heterocycles. The first-order valence-corrected chi connectivity index (χ1v) is 8.89. The maximum Gasteiger partial charge on any atom is 0.270 e. The van der Waals surface area contributed by atoms with E-state index in [4.69, 9.17) is 5.14 Å². The Kier molecular flexibility index (Phi) is 4.73. The summed E-state index contributed by atoms with van der Waals surface area (Å²) >= 11 is 0. The van der Waals surface area contributed by atoms with Gasteiger partial charge in [-0.25, -0.2) is 13.6 Å². The fourth-order valence-corrected chi connectivity index (χ4v) is 2.98. The topological polar surface area (TPSA) is 85.4 Å². The highest BCUT2D eigenvalue weighted by molar-refractivity contribution is 7.89. The molecule has 0 aromatic carbocycles. The molecule has 21 heavy (non-hydrogen) atoms. The van der Waals surface area contributed by atoms with E-state index < -0.39 is 10.0 Å². The van der Waals surface area contributed by atoms with E-state index in [0.717, 1.165) is 32.1 Å². The van der Waals surface area contributed by atoms with E-state index in [9.17, 15) is 13.2 Å². The molecule has 1 aliphatic rings. The molecule has 1 aromatic rings. The minimum Gasteiger partial charge on any atom is -0.340 e. The summed E-state index contributed by atoms with van der Waals surface area (Å²) in [5.74, 6) is -0.148. The number of amides is 1. The summed E-state index contributed by atoms with van der Waals surface area (Å²) in [4.78, 5) is 14.2. The van der Waals surface area contributed by atoms with Gasteiger partial charge in [0.05, 0.1) is 0 Å². The Hall–Kier alpha value is -1.34. The lowest BCUT2D eigenvalue weighted by Crippen LogP contribution is -2.31. The average Bonchev–Trinajstić information content (AvgIpc) is 2.77. The Morgan fingerprint density at radius 3 is 2.62 bits per heavy atom. The van der Waals surface area contributed by atoms with Crippen molar-refractivity contribution in [3.63, 3.8) is 0 Å². The van der Waals surface area contributed by atoms with E-state index in [-0.39, 0.29) is 16.8 Å². The predicted octanol–water partition coefficient (Wildman–Crippen LogP) is 1.73. The van der Waals surface area contributed by atoms with Gasteiger partial charge in [0.2, 0.25) is 10.0 Å². The van der Waals surface area contributed by atoms with Gasteiger partial charge in [-0.3, -0.25) is 4.79 Å². The number of rotatable bonds is 6. The zero-order valence-electron chi connectivity index (χ0n) is 12.6. The van der Waals surface area contributed by atoms with Gasteiger partial charge in [-0.2, -0.15) is 0 Å². The molecule has 1 amide bonds. The van der Waals surface area contributed by atoms with Crippen molar-refractivity contribution in [2.75, 3.05) is 13.6 Å². The Morgan fingerprint density at radius 2 is 2.14 bits per heavy atom. The second-order valence-corrected chi connectivity index (χ2v) is 7.24. The normalized spacial score (nSPS) is 15.8. The van der Waals surface area contributed by atoms with Crippen LogP contribution in [0, 0.1) is 0 Å². The minimum absolute atomic E-state index is 0.0154. The average molecular weight is 313 g/mol. The molecule has 7 heteroatoms. The molecule has 2 N–H and O–H groups in total. The maximum atomic E-state index is 12.5. The minimum atomic E-state index is -3.79. The largest absolute Gasteiger partial charge is 0.340 e. The van der Waals surface area contributed by atoms with Crippen LogP contribution in [0.15, 0.2) is 17.2 Å². The Bertz CT molecular complexity index is 617. The number of hydrogen-bond donors (Lipinski definition) is 1. The quantitative estimate of drug-likeness (QED) is 0.868. The Balaban J connectivity index is 2.32. The lowest BCUT2D eigenvalue weighted by Gasteiger charge is -2.29. The highest BCUT2D eigenvalue weighted by Gasteiger charge is 2.28. The molecule has 2 rings (SSSR count). The molecule has 0 bridgehead atoms. The van der Waals surface area contributed by atoms with E-state index in [0.29, 0.717) is 12.2 Å². The Morgan fingerprint density at radius 1 is 1.48 bits per heavy atom. The summed E-state index contributed by atoms with van der Waals surface area (Å²) in [5, 5.41) is 5.19. The van der Waals surface area contributed by atoms with Gasteiger partial charge in [-0.05, 0) is 31.7 Å². The van der Waals surface area contributed by atoms with E-state index in [1.807, 2.05) is 0 Å². The van der Waals surface area contributed by atoms with Crippen molar-refractivity contribution in [3.05, 3.63) is 18.0 Å². The molecule has 0 spiro atoms. The molecule has 0 radical (unpaired) electrons. The van der Waals surface area contributed by atoms with Crippen LogP contribution < -0.4 is 5.14 Å². The van der Waals surface area contributed by atoms with Crippen LogP contribution >= 0.6 is 0 Å². The first-order chi connectivity index (χ1) is 9.84. The molecule has 1 heterocycles. The number of primary sulfonamides is 1. The number of unbranched alkanes of at least 4 members (excludes halogenated alkanes) is 1. The summed E-state index contributed by atoms with van der Waals surface area (Å²) in [7, 11) is -2.05. The summed E-state index contributed by atoms with van der Waals surface area (Å²) in [6.07, 6.45) is 6.47. The van der Waals surface area contributed by atoms with Gasteiger partial charge < -0.3 is 9.47 Å². The number of nitrogens with zero attached hydrogens (tertiary/aromatic N) is 2. The summed E-state index contributed by atoms with van der Waals surface area (Å²) in [5.41, 5.74) is 0.419. The van der Waals surface area contributed by atoms with Crippen LogP contribution in [-0.2, 0) is 10.0 Å². The number of nitrogens with two attached hydrogens (primary N) is 1. The van der Waals surface area contributed by atoms with E-state index >= 15 is 0 Å². The molecule has 0 atom stereocenters. The van der Waals surface area contributed by atoms with Crippen LogP contribution in [0.5, 0.6) is 0 Å². The fourth-order valence-electron chi connectivity index (χ4n) is 2.44. The van der Waals surface area contributed by atoms with Crippen molar-refractivity contribution in [1.29, 1.82) is 0 Å². The van der Waals surface area contributed by atoms with E-state index in [1.54, 1.807) is 16.5 Å². The fraction of sp³-hybridized carbons (Fsp3) is 0.643. The first-order valence-electron chi connectivity index (χ1n) is 7.34. The van der Waals surface area contributed by atoms with Crippen molar-refractivity contribution in [2.45, 2.75) is 50.0 Å². The third-order valence-electron chi connectivity index (χ3n) is 4.03. The van der Waals surface area contributed by atoms with Crippen LogP contribution in [-0.4, -0.2) is 37.4 Å². The smallest absolute Gasteiger partial charge is 0.270 e. The summed E-state index contributed by atoms with van der Waals surface area (Å²) < 4.78 is 24.8. The van der Waals surface area contributed by atoms with Gasteiger partial charge in [0.15, 0.2) is 0 Å². The second-order valence-electron chi connectivity index (χ2n) is 5.68. The zero-order valence-corrected chi connectivity index (χ0v) is 13.4. The molecule has 1 fully saturated rings. The molecule has 1 saturated carbocycles. The summed E-state index contributed by atoms with van der Waals surface area (Å²) in [6, 6.07) is 1.61. The van der Waals surface area contributed by atoms with Crippen LogP contribution in [0.25, 0.3) is 0 Å². The zero-order chi connectivity index (χ0) is 15.6. The molecule has 0 unspecified atom stereocenters. The second kappa shape index (κ2) is 6.19. The molecule has 6 nitrogen and oxygen atoms in total. The number of carbonyl (C=O) groups is 1. The monoisotopic (exact) mass is 313 g/mol. The van der Waals surface area contributed by atoms with Gasteiger partial charge in [0.1, 0.15) is 10.6 Å². The van der Waals surface area contributed by atoms with Gasteiger partial charge in [-0.15, -0.1) is 0 Å². The standard InChI is InChI=1S/C14H23N3O3S/c1-3-4-8-16(2)14(18)13-9-12(21(15,19)20)10-17(13)11-6-5-7-11/h9-11H,3-8H2,1-2H3,(H2,15,19,20). The number of hydrogen-bond acceptors (Lipinski definition) is 3. The highest BCUT2D eigenvalue weighted by atomic mass is 32.2. The maximum absolute atomic E-state index is 12.5. The molecule has 0 saturated heterocycles. The molecule has 0 aliphatic heterocycles. The number of sulfonamides is 1. The lowest BCUT2D eigenvalue weighted by atomic mass is 9.93. The SMILES string of the molecule is CCCCN(C)C(=O)c1cc(S(N)(=O)=O)cn1C1CCC1. The molecular formula is C14H23N3O3S. The van der Waals surface area contributed by atoms with E-state index in [2.05, 4.69) is 6.92 Å². The first kappa shape index (κ1) is 16.0. The van der Waals surface area contributed by atoms with Crippen molar-refractivity contribution in [2.24, 2.45) is 5.14 Å². The molecule has 118 valence electrons. The van der Waals surface area contributed by atoms with Crippen molar-refractivity contribution >= 4 is 15.9 Å². The third kappa shape index (κ3) is 3.47. The van der Waals surface area contributed by atoms with Crippen molar-refractivity contribution in [1.82, 2.24) is 9.47 Å². The van der Waals surface area contributed by atoms with Crippen LogP contribution in [0.4, 0.5) is 0 Å². The molecular weight excluding hydrogens is 290 g/mol. The summed E-state index contributed by atoms with van der Waals surface area (Å²) in [6.45, 7) is 2.73. The van der Waals surface area contributed by atoms with Gasteiger partial charge >= 0.3 is 0 Å². The lowest BCUT2D eigenvalue weighted by molar-refractivity contribution is 0.0776. The highest BCUT2D eigenvalue weighted by Crippen LogP contribution is 2.34. The number of aromatic nitrogens is 1. The van der Waals surface area contributed by atoms with E-state index in [1.165, 1.54) is 12.3 Å². The predicted molar refractivity (Wildman–Crippen MR) is 80.6 cm³/mol. The third-order valence-corrected chi connectivity index (χ3v) is 4.91. The van der Waals surface area contributed by atoms with Crippen molar-refractivity contribution in [3.8, 4) is 0 Å². The van der Waals surface area contributed by atoms with Crippen LogP contribution in [0.1, 0.15) is 55.6 Å².